The maximum Gasteiger partial charge on any atom is 0.233 e. The lowest BCUT2D eigenvalue weighted by atomic mass is 9.88. The molecule has 3 fully saturated rings. The fourth-order valence-corrected chi connectivity index (χ4v) is 5.69. The molecule has 146 valence electrons. The minimum Gasteiger partial charge on any atom is -0.341 e. The molecule has 0 N–H and O–H groups in total. The molecule has 1 amide bonds. The number of hydrogen-bond acceptors (Lipinski definition) is 2. The zero-order chi connectivity index (χ0) is 19.5. The van der Waals surface area contributed by atoms with Crippen LogP contribution in [0.3, 0.4) is 0 Å². The van der Waals surface area contributed by atoms with E-state index in [1.165, 1.54) is 17.2 Å². The van der Waals surface area contributed by atoms with Gasteiger partial charge in [0.2, 0.25) is 5.91 Å². The maximum atomic E-state index is 14.4. The molecule has 0 aromatic heterocycles. The molecular formula is C24H27FN2O. The lowest BCUT2D eigenvalue weighted by molar-refractivity contribution is -0.133. The lowest BCUT2D eigenvalue weighted by Gasteiger charge is -2.29. The molecule has 2 aliphatic heterocycles. The molecule has 0 spiro atoms. The SMILES string of the molecule is Cc1ccccc1[C@H]1[C@@H]2CN(C(=O)C3(c4ccccc4F)CC3)C[C@@H]2CN1C. The van der Waals surface area contributed by atoms with Crippen molar-refractivity contribution in [2.75, 3.05) is 26.7 Å². The summed E-state index contributed by atoms with van der Waals surface area (Å²) < 4.78 is 14.4. The van der Waals surface area contributed by atoms with Gasteiger partial charge in [0.25, 0.3) is 0 Å². The number of amides is 1. The van der Waals surface area contributed by atoms with Gasteiger partial charge in [-0.25, -0.2) is 4.39 Å². The number of fused-ring (bicyclic) bond motifs is 1. The molecule has 1 aliphatic carbocycles. The van der Waals surface area contributed by atoms with Gasteiger partial charge in [-0.05, 0) is 49.9 Å². The van der Waals surface area contributed by atoms with Crippen LogP contribution in [0.25, 0.3) is 0 Å². The molecular weight excluding hydrogens is 351 g/mol. The quantitative estimate of drug-likeness (QED) is 0.808. The van der Waals surface area contributed by atoms with Crippen LogP contribution in [0.15, 0.2) is 48.5 Å². The molecule has 1 saturated carbocycles. The summed E-state index contributed by atoms with van der Waals surface area (Å²) in [4.78, 5) is 17.9. The van der Waals surface area contributed by atoms with E-state index in [0.717, 1.165) is 32.5 Å². The molecule has 4 heteroatoms. The topological polar surface area (TPSA) is 23.6 Å². The Morgan fingerprint density at radius 2 is 1.75 bits per heavy atom. The van der Waals surface area contributed by atoms with Crippen molar-refractivity contribution in [1.29, 1.82) is 0 Å². The van der Waals surface area contributed by atoms with E-state index in [-0.39, 0.29) is 11.7 Å². The zero-order valence-electron chi connectivity index (χ0n) is 16.6. The van der Waals surface area contributed by atoms with Crippen molar-refractivity contribution in [2.24, 2.45) is 11.8 Å². The first-order chi connectivity index (χ1) is 13.5. The summed E-state index contributed by atoms with van der Waals surface area (Å²) in [6.07, 6.45) is 1.53. The molecule has 28 heavy (non-hydrogen) atoms. The van der Waals surface area contributed by atoms with Crippen LogP contribution < -0.4 is 0 Å². The molecule has 2 aromatic carbocycles. The van der Waals surface area contributed by atoms with E-state index in [9.17, 15) is 9.18 Å². The normalized spacial score (nSPS) is 28.4. The minimum atomic E-state index is -0.617. The first kappa shape index (κ1) is 17.9. The van der Waals surface area contributed by atoms with Gasteiger partial charge in [-0.1, -0.05) is 42.5 Å². The maximum absolute atomic E-state index is 14.4. The molecule has 0 bridgehead atoms. The number of nitrogens with zero attached hydrogens (tertiary/aromatic N) is 2. The van der Waals surface area contributed by atoms with Gasteiger partial charge in [0.05, 0.1) is 5.41 Å². The van der Waals surface area contributed by atoms with Crippen LogP contribution >= 0.6 is 0 Å². The second-order valence-electron chi connectivity index (χ2n) is 8.94. The number of carbonyl (C=O) groups excluding carboxylic acids is 1. The average Bonchev–Trinajstić information content (AvgIpc) is 3.30. The van der Waals surface area contributed by atoms with Crippen LogP contribution in [0.2, 0.25) is 0 Å². The van der Waals surface area contributed by atoms with E-state index in [1.807, 2.05) is 11.0 Å². The van der Waals surface area contributed by atoms with E-state index >= 15 is 0 Å². The monoisotopic (exact) mass is 378 g/mol. The van der Waals surface area contributed by atoms with E-state index in [4.69, 9.17) is 0 Å². The second-order valence-corrected chi connectivity index (χ2v) is 8.94. The Kier molecular flexibility index (Phi) is 4.09. The smallest absolute Gasteiger partial charge is 0.233 e. The van der Waals surface area contributed by atoms with Gasteiger partial charge in [-0.15, -0.1) is 0 Å². The minimum absolute atomic E-state index is 0.137. The van der Waals surface area contributed by atoms with Gasteiger partial charge in [0.15, 0.2) is 0 Å². The van der Waals surface area contributed by atoms with E-state index in [0.29, 0.717) is 23.4 Å². The average molecular weight is 378 g/mol. The molecule has 2 saturated heterocycles. The first-order valence-corrected chi connectivity index (χ1v) is 10.3. The number of carbonyl (C=O) groups is 1. The highest BCUT2D eigenvalue weighted by Crippen LogP contribution is 2.52. The van der Waals surface area contributed by atoms with Crippen molar-refractivity contribution in [3.05, 3.63) is 71.0 Å². The molecule has 3 aliphatic rings. The molecule has 0 radical (unpaired) electrons. The fraction of sp³-hybridized carbons (Fsp3) is 0.458. The summed E-state index contributed by atoms with van der Waals surface area (Å²) in [6, 6.07) is 15.8. The third-order valence-electron chi connectivity index (χ3n) is 7.24. The summed E-state index contributed by atoms with van der Waals surface area (Å²) in [5.41, 5.74) is 2.66. The fourth-order valence-electron chi connectivity index (χ4n) is 5.69. The Morgan fingerprint density at radius 3 is 2.46 bits per heavy atom. The van der Waals surface area contributed by atoms with Gasteiger partial charge in [0.1, 0.15) is 5.82 Å². The van der Waals surface area contributed by atoms with Crippen molar-refractivity contribution < 1.29 is 9.18 Å². The van der Waals surface area contributed by atoms with Crippen molar-refractivity contribution in [3.8, 4) is 0 Å². The highest BCUT2D eigenvalue weighted by Gasteiger charge is 2.57. The van der Waals surface area contributed by atoms with Crippen LogP contribution in [-0.2, 0) is 10.2 Å². The van der Waals surface area contributed by atoms with Gasteiger partial charge in [0, 0.05) is 37.2 Å². The standard InChI is InChI=1S/C24H27FN2O/c1-16-7-3-4-8-18(16)22-19-15-27(14-17(19)13-26(22)2)23(28)24(11-12-24)20-9-5-6-10-21(20)25/h3-10,17,19,22H,11-15H2,1-2H3/t17-,19+,22-/m0/s1. The third-order valence-corrected chi connectivity index (χ3v) is 7.24. The summed E-state index contributed by atoms with van der Waals surface area (Å²) >= 11 is 0. The van der Waals surface area contributed by atoms with Crippen LogP contribution in [0.4, 0.5) is 4.39 Å². The van der Waals surface area contributed by atoms with E-state index in [1.54, 1.807) is 12.1 Å². The van der Waals surface area contributed by atoms with Crippen LogP contribution in [0.5, 0.6) is 0 Å². The van der Waals surface area contributed by atoms with Gasteiger partial charge >= 0.3 is 0 Å². The largest absolute Gasteiger partial charge is 0.341 e. The van der Waals surface area contributed by atoms with Crippen molar-refractivity contribution in [2.45, 2.75) is 31.2 Å². The Morgan fingerprint density at radius 1 is 1.04 bits per heavy atom. The third kappa shape index (κ3) is 2.61. The van der Waals surface area contributed by atoms with Gasteiger partial charge in [-0.3, -0.25) is 9.69 Å². The Balaban J connectivity index is 1.40. The molecule has 5 rings (SSSR count). The Bertz CT molecular complexity index is 922. The number of halogens is 1. The van der Waals surface area contributed by atoms with Crippen LogP contribution in [0, 0.1) is 24.6 Å². The number of benzene rings is 2. The van der Waals surface area contributed by atoms with Crippen molar-refractivity contribution in [3.63, 3.8) is 0 Å². The number of hydrogen-bond donors (Lipinski definition) is 0. The van der Waals surface area contributed by atoms with E-state index < -0.39 is 5.41 Å². The molecule has 0 unspecified atom stereocenters. The van der Waals surface area contributed by atoms with Gasteiger partial charge in [-0.2, -0.15) is 0 Å². The molecule has 2 aromatic rings. The van der Waals surface area contributed by atoms with Crippen molar-refractivity contribution >= 4 is 5.91 Å². The van der Waals surface area contributed by atoms with Crippen molar-refractivity contribution in [1.82, 2.24) is 9.80 Å². The predicted octanol–water partition coefficient (Wildman–Crippen LogP) is 3.93. The molecule has 3 atom stereocenters. The van der Waals surface area contributed by atoms with E-state index in [2.05, 4.69) is 43.1 Å². The summed E-state index contributed by atoms with van der Waals surface area (Å²) in [5, 5.41) is 0. The second kappa shape index (κ2) is 6.41. The molecule has 3 nitrogen and oxygen atoms in total. The highest BCUT2D eigenvalue weighted by atomic mass is 19.1. The number of likely N-dealkylation sites (tertiary alicyclic amines) is 2. The van der Waals surface area contributed by atoms with Crippen LogP contribution in [-0.4, -0.2) is 42.4 Å². The zero-order valence-corrected chi connectivity index (χ0v) is 16.6. The Labute approximate surface area is 166 Å². The van der Waals surface area contributed by atoms with Gasteiger partial charge < -0.3 is 4.90 Å². The summed E-state index contributed by atoms with van der Waals surface area (Å²) in [7, 11) is 2.20. The van der Waals surface area contributed by atoms with Crippen LogP contribution in [0.1, 0.15) is 35.6 Å². The number of rotatable bonds is 3. The highest BCUT2D eigenvalue weighted by molar-refractivity contribution is 5.91. The lowest BCUT2D eigenvalue weighted by Crippen LogP contribution is -2.40. The summed E-state index contributed by atoms with van der Waals surface area (Å²) in [5.74, 6) is 0.838. The Hall–Kier alpha value is -2.20. The number of aryl methyl sites for hydroxylation is 1. The molecule has 2 heterocycles. The summed E-state index contributed by atoms with van der Waals surface area (Å²) in [6.45, 7) is 4.77. The first-order valence-electron chi connectivity index (χ1n) is 10.3. The predicted molar refractivity (Wildman–Crippen MR) is 107 cm³/mol.